The Morgan fingerprint density at radius 2 is 1.94 bits per heavy atom. The minimum absolute atomic E-state index is 0.0721. The van der Waals surface area contributed by atoms with Crippen LogP contribution in [0.15, 0.2) is 28.7 Å². The molecule has 4 heteroatoms. The summed E-state index contributed by atoms with van der Waals surface area (Å²) in [6.07, 6.45) is 0.823. The summed E-state index contributed by atoms with van der Waals surface area (Å²) >= 11 is 3.39. The van der Waals surface area contributed by atoms with Crippen LogP contribution in [0, 0.1) is 5.92 Å². The second kappa shape index (κ2) is 6.77. The molecule has 0 saturated carbocycles. The molecule has 1 amide bonds. The zero-order valence-electron chi connectivity index (χ0n) is 10.2. The molecule has 0 unspecified atom stereocenters. The Morgan fingerprint density at radius 3 is 2.47 bits per heavy atom. The highest BCUT2D eigenvalue weighted by molar-refractivity contribution is 9.10. The van der Waals surface area contributed by atoms with Crippen molar-refractivity contribution in [2.45, 2.75) is 26.3 Å². The molecule has 0 aliphatic carbocycles. The fourth-order valence-electron chi connectivity index (χ4n) is 1.40. The van der Waals surface area contributed by atoms with Gasteiger partial charge in [-0.1, -0.05) is 41.9 Å². The summed E-state index contributed by atoms with van der Waals surface area (Å²) in [5.74, 6) is 0.0970. The Balaban J connectivity index is 2.33. The lowest BCUT2D eigenvalue weighted by molar-refractivity contribution is -0.123. The molecule has 0 bridgehead atoms. The normalized spacial score (nSPS) is 12.5. The van der Waals surface area contributed by atoms with Crippen molar-refractivity contribution in [3.8, 4) is 0 Å². The maximum atomic E-state index is 11.6. The van der Waals surface area contributed by atoms with E-state index >= 15 is 0 Å². The lowest BCUT2D eigenvalue weighted by Crippen LogP contribution is -2.44. The number of halogens is 1. The van der Waals surface area contributed by atoms with Gasteiger partial charge in [0.15, 0.2) is 0 Å². The number of nitrogens with two attached hydrogens (primary N) is 1. The van der Waals surface area contributed by atoms with Gasteiger partial charge in [0.2, 0.25) is 5.91 Å². The van der Waals surface area contributed by atoms with Gasteiger partial charge in [-0.2, -0.15) is 0 Å². The molecule has 0 radical (unpaired) electrons. The Hall–Kier alpha value is -0.870. The van der Waals surface area contributed by atoms with Crippen LogP contribution in [0.5, 0.6) is 0 Å². The van der Waals surface area contributed by atoms with Crippen LogP contribution in [0.2, 0.25) is 0 Å². The third-order valence-electron chi connectivity index (χ3n) is 2.65. The second-order valence-corrected chi connectivity index (χ2v) is 5.35. The number of carbonyl (C=O) groups is 1. The van der Waals surface area contributed by atoms with E-state index in [-0.39, 0.29) is 11.8 Å². The molecular weight excluding hydrogens is 280 g/mol. The van der Waals surface area contributed by atoms with Gasteiger partial charge in [-0.15, -0.1) is 0 Å². The summed E-state index contributed by atoms with van der Waals surface area (Å²) < 4.78 is 1.06. The molecule has 3 nitrogen and oxygen atoms in total. The van der Waals surface area contributed by atoms with Crippen molar-refractivity contribution in [2.75, 3.05) is 6.54 Å². The SMILES string of the molecule is CC(C)[C@@H](N)C(=O)NCCc1ccc(Br)cc1. The van der Waals surface area contributed by atoms with Crippen LogP contribution in [0.25, 0.3) is 0 Å². The molecule has 1 aromatic rings. The highest BCUT2D eigenvalue weighted by atomic mass is 79.9. The first-order valence-electron chi connectivity index (χ1n) is 5.78. The first-order valence-corrected chi connectivity index (χ1v) is 6.57. The van der Waals surface area contributed by atoms with E-state index in [4.69, 9.17) is 5.73 Å². The molecular formula is C13H19BrN2O. The molecule has 3 N–H and O–H groups in total. The van der Waals surface area contributed by atoms with Crippen LogP contribution < -0.4 is 11.1 Å². The maximum absolute atomic E-state index is 11.6. The number of benzene rings is 1. The van der Waals surface area contributed by atoms with Crippen LogP contribution in [0.4, 0.5) is 0 Å². The average molecular weight is 299 g/mol. The second-order valence-electron chi connectivity index (χ2n) is 4.44. The quantitative estimate of drug-likeness (QED) is 0.874. The van der Waals surface area contributed by atoms with Gasteiger partial charge >= 0.3 is 0 Å². The van der Waals surface area contributed by atoms with Crippen molar-refractivity contribution in [1.29, 1.82) is 0 Å². The molecule has 17 heavy (non-hydrogen) atoms. The number of carbonyl (C=O) groups excluding carboxylic acids is 1. The Bertz CT molecular complexity index is 362. The Morgan fingerprint density at radius 1 is 1.35 bits per heavy atom. The van der Waals surface area contributed by atoms with Gasteiger partial charge in [0, 0.05) is 11.0 Å². The molecule has 0 aliphatic heterocycles. The minimum Gasteiger partial charge on any atom is -0.354 e. The lowest BCUT2D eigenvalue weighted by atomic mass is 10.0. The monoisotopic (exact) mass is 298 g/mol. The molecule has 0 aliphatic rings. The van der Waals surface area contributed by atoms with E-state index in [1.165, 1.54) is 5.56 Å². The van der Waals surface area contributed by atoms with Gasteiger partial charge in [-0.05, 0) is 30.0 Å². The zero-order valence-corrected chi connectivity index (χ0v) is 11.8. The van der Waals surface area contributed by atoms with Gasteiger partial charge in [0.25, 0.3) is 0 Å². The topological polar surface area (TPSA) is 55.1 Å². The summed E-state index contributed by atoms with van der Waals surface area (Å²) in [6.45, 7) is 4.51. The molecule has 1 atom stereocenters. The molecule has 94 valence electrons. The summed E-state index contributed by atoms with van der Waals surface area (Å²) in [5.41, 5.74) is 6.94. The molecule has 0 spiro atoms. The van der Waals surface area contributed by atoms with Gasteiger partial charge in [-0.3, -0.25) is 4.79 Å². The Labute approximate surface area is 111 Å². The van der Waals surface area contributed by atoms with Gasteiger partial charge < -0.3 is 11.1 Å². The van der Waals surface area contributed by atoms with E-state index in [1.54, 1.807) is 0 Å². The van der Waals surface area contributed by atoms with Crippen molar-refractivity contribution in [1.82, 2.24) is 5.32 Å². The first-order chi connectivity index (χ1) is 8.00. The molecule has 1 rings (SSSR count). The highest BCUT2D eigenvalue weighted by Crippen LogP contribution is 2.10. The van der Waals surface area contributed by atoms with Gasteiger partial charge in [0.1, 0.15) is 0 Å². The number of hydrogen-bond acceptors (Lipinski definition) is 2. The molecule has 0 saturated heterocycles. The largest absolute Gasteiger partial charge is 0.354 e. The fourth-order valence-corrected chi connectivity index (χ4v) is 1.67. The number of rotatable bonds is 5. The van der Waals surface area contributed by atoms with E-state index in [1.807, 2.05) is 38.1 Å². The molecule has 0 fully saturated rings. The summed E-state index contributed by atoms with van der Waals surface area (Å²) in [5, 5.41) is 2.85. The fraction of sp³-hybridized carbons (Fsp3) is 0.462. The minimum atomic E-state index is -0.417. The van der Waals surface area contributed by atoms with E-state index in [2.05, 4.69) is 21.2 Å². The Kier molecular flexibility index (Phi) is 5.65. The predicted octanol–water partition coefficient (Wildman–Crippen LogP) is 2.09. The van der Waals surface area contributed by atoms with E-state index in [9.17, 15) is 4.79 Å². The highest BCUT2D eigenvalue weighted by Gasteiger charge is 2.16. The van der Waals surface area contributed by atoms with Crippen LogP contribution in [-0.2, 0) is 11.2 Å². The van der Waals surface area contributed by atoms with E-state index < -0.39 is 6.04 Å². The summed E-state index contributed by atoms with van der Waals surface area (Å²) in [4.78, 5) is 11.6. The average Bonchev–Trinajstić information content (AvgIpc) is 2.30. The van der Waals surface area contributed by atoms with Gasteiger partial charge in [-0.25, -0.2) is 0 Å². The number of hydrogen-bond donors (Lipinski definition) is 2. The zero-order chi connectivity index (χ0) is 12.8. The van der Waals surface area contributed by atoms with Crippen molar-refractivity contribution in [2.24, 2.45) is 11.7 Å². The van der Waals surface area contributed by atoms with E-state index in [0.29, 0.717) is 6.54 Å². The molecule has 1 aromatic carbocycles. The number of nitrogens with one attached hydrogen (secondary N) is 1. The number of amides is 1. The summed E-state index contributed by atoms with van der Waals surface area (Å²) in [6, 6.07) is 7.66. The van der Waals surface area contributed by atoms with E-state index in [0.717, 1.165) is 10.9 Å². The first kappa shape index (κ1) is 14.2. The third-order valence-corrected chi connectivity index (χ3v) is 3.18. The third kappa shape index (κ3) is 4.88. The standard InChI is InChI=1S/C13H19BrN2O/c1-9(2)12(15)13(17)16-8-7-10-3-5-11(14)6-4-10/h3-6,9,12H,7-8,15H2,1-2H3,(H,16,17)/t12-/m1/s1. The van der Waals surface area contributed by atoms with Crippen molar-refractivity contribution >= 4 is 21.8 Å². The maximum Gasteiger partial charge on any atom is 0.237 e. The van der Waals surface area contributed by atoms with Crippen molar-refractivity contribution in [3.63, 3.8) is 0 Å². The van der Waals surface area contributed by atoms with Crippen LogP contribution in [0.3, 0.4) is 0 Å². The molecule has 0 aromatic heterocycles. The van der Waals surface area contributed by atoms with Gasteiger partial charge in [0.05, 0.1) is 6.04 Å². The predicted molar refractivity (Wildman–Crippen MR) is 73.7 cm³/mol. The van der Waals surface area contributed by atoms with Crippen LogP contribution in [-0.4, -0.2) is 18.5 Å². The molecule has 0 heterocycles. The van der Waals surface area contributed by atoms with Crippen molar-refractivity contribution < 1.29 is 4.79 Å². The lowest BCUT2D eigenvalue weighted by Gasteiger charge is -2.15. The van der Waals surface area contributed by atoms with Crippen molar-refractivity contribution in [3.05, 3.63) is 34.3 Å². The smallest absolute Gasteiger partial charge is 0.237 e. The van der Waals surface area contributed by atoms with Crippen LogP contribution in [0.1, 0.15) is 19.4 Å². The summed E-state index contributed by atoms with van der Waals surface area (Å²) in [7, 11) is 0. The van der Waals surface area contributed by atoms with Crippen LogP contribution >= 0.6 is 15.9 Å².